The molecule has 0 bridgehead atoms. The van der Waals surface area contributed by atoms with E-state index in [1.807, 2.05) is 6.07 Å². The molecule has 1 heterocycles. The number of nitrogens with one attached hydrogen (secondary N) is 1. The van der Waals surface area contributed by atoms with Crippen molar-refractivity contribution in [2.75, 3.05) is 18.5 Å². The number of rotatable bonds is 4. The van der Waals surface area contributed by atoms with Crippen molar-refractivity contribution in [3.63, 3.8) is 0 Å². The van der Waals surface area contributed by atoms with Gasteiger partial charge in [0.25, 0.3) is 5.91 Å². The van der Waals surface area contributed by atoms with E-state index in [9.17, 15) is 9.59 Å². The highest BCUT2D eigenvalue weighted by Crippen LogP contribution is 2.31. The molecule has 6 heteroatoms. The van der Waals surface area contributed by atoms with Crippen molar-refractivity contribution in [2.24, 2.45) is 0 Å². The van der Waals surface area contributed by atoms with Gasteiger partial charge in [0.05, 0.1) is 5.69 Å². The topological polar surface area (TPSA) is 64.6 Å². The first kappa shape index (κ1) is 18.3. The molecule has 0 aromatic heterocycles. The maximum Gasteiger partial charge on any atom is 0.255 e. The number of amides is 1. The number of halogens is 1. The molecular weight excluding hydrogens is 422 g/mol. The van der Waals surface area contributed by atoms with Gasteiger partial charge >= 0.3 is 0 Å². The number of ether oxygens (including phenoxy) is 2. The van der Waals surface area contributed by atoms with Gasteiger partial charge in [0.1, 0.15) is 13.2 Å². The normalized spacial score (nSPS) is 12.3. The summed E-state index contributed by atoms with van der Waals surface area (Å²) in [6, 6.07) is 19.2. The first-order valence-corrected chi connectivity index (χ1v) is 9.51. The average Bonchev–Trinajstić information content (AvgIpc) is 2.74. The van der Waals surface area contributed by atoms with Gasteiger partial charge in [0.2, 0.25) is 0 Å². The smallest absolute Gasteiger partial charge is 0.255 e. The van der Waals surface area contributed by atoms with Crippen LogP contribution in [0.3, 0.4) is 0 Å². The van der Waals surface area contributed by atoms with Crippen LogP contribution in [-0.4, -0.2) is 24.9 Å². The first-order chi connectivity index (χ1) is 13.6. The lowest BCUT2D eigenvalue weighted by Gasteiger charge is -2.19. The highest BCUT2D eigenvalue weighted by molar-refractivity contribution is 9.10. The molecule has 4 rings (SSSR count). The van der Waals surface area contributed by atoms with Crippen LogP contribution >= 0.6 is 15.9 Å². The van der Waals surface area contributed by atoms with E-state index in [0.717, 1.165) is 4.47 Å². The van der Waals surface area contributed by atoms with Gasteiger partial charge in [-0.25, -0.2) is 0 Å². The van der Waals surface area contributed by atoms with Gasteiger partial charge in [0.15, 0.2) is 17.3 Å². The van der Waals surface area contributed by atoms with Crippen molar-refractivity contribution in [1.29, 1.82) is 0 Å². The van der Waals surface area contributed by atoms with Crippen molar-refractivity contribution < 1.29 is 19.1 Å². The van der Waals surface area contributed by atoms with Crippen LogP contribution in [-0.2, 0) is 0 Å². The predicted molar refractivity (Wildman–Crippen MR) is 109 cm³/mol. The summed E-state index contributed by atoms with van der Waals surface area (Å²) in [4.78, 5) is 25.7. The molecule has 0 fully saturated rings. The van der Waals surface area contributed by atoms with Gasteiger partial charge in [-0.05, 0) is 36.4 Å². The molecule has 0 saturated carbocycles. The number of hydrogen-bond acceptors (Lipinski definition) is 4. The Bertz CT molecular complexity index is 1050. The minimum Gasteiger partial charge on any atom is -0.486 e. The van der Waals surface area contributed by atoms with Crippen molar-refractivity contribution in [3.8, 4) is 11.5 Å². The molecule has 1 amide bonds. The summed E-state index contributed by atoms with van der Waals surface area (Å²) in [7, 11) is 0. The van der Waals surface area contributed by atoms with Crippen LogP contribution in [0.4, 0.5) is 5.69 Å². The molecule has 28 heavy (non-hydrogen) atoms. The van der Waals surface area contributed by atoms with Gasteiger partial charge in [-0.2, -0.15) is 0 Å². The summed E-state index contributed by atoms with van der Waals surface area (Å²) >= 11 is 3.39. The van der Waals surface area contributed by atoms with E-state index in [4.69, 9.17) is 9.47 Å². The van der Waals surface area contributed by atoms with E-state index in [2.05, 4.69) is 21.2 Å². The van der Waals surface area contributed by atoms with Gasteiger partial charge in [-0.3, -0.25) is 9.59 Å². The van der Waals surface area contributed by atoms with Crippen LogP contribution in [0.15, 0.2) is 71.2 Å². The summed E-state index contributed by atoms with van der Waals surface area (Å²) < 4.78 is 11.8. The zero-order chi connectivity index (χ0) is 19.5. The maximum absolute atomic E-state index is 12.9. The number of hydrogen-bond donors (Lipinski definition) is 1. The van der Waals surface area contributed by atoms with E-state index in [1.54, 1.807) is 60.7 Å². The molecule has 0 saturated heterocycles. The van der Waals surface area contributed by atoms with Crippen molar-refractivity contribution >= 4 is 33.3 Å². The molecule has 3 aromatic rings. The third kappa shape index (κ3) is 3.77. The number of anilines is 1. The Kier molecular flexibility index (Phi) is 5.12. The largest absolute Gasteiger partial charge is 0.486 e. The van der Waals surface area contributed by atoms with E-state index >= 15 is 0 Å². The average molecular weight is 438 g/mol. The highest BCUT2D eigenvalue weighted by Gasteiger charge is 2.18. The molecule has 0 spiro atoms. The standard InChI is InChI=1S/C22H16BrNO4/c23-16-7-8-18(17(13-16)21(25)14-4-2-1-3-5-14)24-22(26)15-6-9-19-20(12-15)28-11-10-27-19/h1-9,12-13H,10-11H2,(H,24,26). The molecule has 1 aliphatic heterocycles. The van der Waals surface area contributed by atoms with Crippen LogP contribution in [0.25, 0.3) is 0 Å². The number of carbonyl (C=O) groups is 2. The summed E-state index contributed by atoms with van der Waals surface area (Å²) in [5.41, 5.74) is 1.82. The van der Waals surface area contributed by atoms with Crippen LogP contribution in [0.1, 0.15) is 26.3 Å². The fourth-order valence-corrected chi connectivity index (χ4v) is 3.30. The maximum atomic E-state index is 12.9. The second-order valence-corrected chi connectivity index (χ2v) is 7.11. The Hall–Kier alpha value is -3.12. The summed E-state index contributed by atoms with van der Waals surface area (Å²) in [5.74, 6) is 0.655. The number of carbonyl (C=O) groups excluding carboxylic acids is 2. The van der Waals surface area contributed by atoms with E-state index in [0.29, 0.717) is 47.1 Å². The van der Waals surface area contributed by atoms with Crippen LogP contribution in [0.5, 0.6) is 11.5 Å². The zero-order valence-corrected chi connectivity index (χ0v) is 16.4. The Labute approximate surface area is 170 Å². The van der Waals surface area contributed by atoms with E-state index in [-0.39, 0.29) is 11.7 Å². The lowest BCUT2D eigenvalue weighted by molar-refractivity contribution is 0.102. The highest BCUT2D eigenvalue weighted by atomic mass is 79.9. The first-order valence-electron chi connectivity index (χ1n) is 8.72. The second-order valence-electron chi connectivity index (χ2n) is 6.20. The van der Waals surface area contributed by atoms with Gasteiger partial charge < -0.3 is 14.8 Å². The van der Waals surface area contributed by atoms with Crippen molar-refractivity contribution in [3.05, 3.63) is 87.9 Å². The Morgan fingerprint density at radius 3 is 2.36 bits per heavy atom. The molecule has 1 aliphatic rings. The molecule has 0 aliphatic carbocycles. The zero-order valence-electron chi connectivity index (χ0n) is 14.8. The quantitative estimate of drug-likeness (QED) is 0.600. The Morgan fingerprint density at radius 2 is 1.57 bits per heavy atom. The molecule has 140 valence electrons. The Balaban J connectivity index is 1.63. The lowest BCUT2D eigenvalue weighted by Crippen LogP contribution is -2.18. The van der Waals surface area contributed by atoms with Gasteiger partial charge in [-0.15, -0.1) is 0 Å². The third-order valence-electron chi connectivity index (χ3n) is 4.31. The molecule has 5 nitrogen and oxygen atoms in total. The molecule has 3 aromatic carbocycles. The van der Waals surface area contributed by atoms with Gasteiger partial charge in [0, 0.05) is 21.2 Å². The Morgan fingerprint density at radius 1 is 0.821 bits per heavy atom. The number of ketones is 1. The minimum atomic E-state index is -0.332. The monoisotopic (exact) mass is 437 g/mol. The molecule has 1 N–H and O–H groups in total. The molecule has 0 radical (unpaired) electrons. The summed E-state index contributed by atoms with van der Waals surface area (Å²) in [6.45, 7) is 0.933. The number of fused-ring (bicyclic) bond motifs is 1. The second kappa shape index (κ2) is 7.86. The third-order valence-corrected chi connectivity index (χ3v) is 4.81. The van der Waals surface area contributed by atoms with Gasteiger partial charge in [-0.1, -0.05) is 46.3 Å². The molecule has 0 unspecified atom stereocenters. The minimum absolute atomic E-state index is 0.167. The SMILES string of the molecule is O=C(Nc1ccc(Br)cc1C(=O)c1ccccc1)c1ccc2c(c1)OCCO2. The van der Waals surface area contributed by atoms with E-state index in [1.165, 1.54) is 0 Å². The van der Waals surface area contributed by atoms with Crippen molar-refractivity contribution in [1.82, 2.24) is 0 Å². The van der Waals surface area contributed by atoms with Crippen molar-refractivity contribution in [2.45, 2.75) is 0 Å². The van der Waals surface area contributed by atoms with Crippen LogP contribution < -0.4 is 14.8 Å². The van der Waals surface area contributed by atoms with E-state index < -0.39 is 0 Å². The van der Waals surface area contributed by atoms with Crippen LogP contribution in [0, 0.1) is 0 Å². The summed E-state index contributed by atoms with van der Waals surface area (Å²) in [6.07, 6.45) is 0. The van der Waals surface area contributed by atoms with Crippen LogP contribution in [0.2, 0.25) is 0 Å². The molecule has 0 atom stereocenters. The lowest BCUT2D eigenvalue weighted by atomic mass is 10.0. The molecular formula is C22H16BrNO4. The number of benzene rings is 3. The fraction of sp³-hybridized carbons (Fsp3) is 0.0909. The summed E-state index contributed by atoms with van der Waals surface area (Å²) in [5, 5.41) is 2.83. The fourth-order valence-electron chi connectivity index (χ4n) is 2.94. The predicted octanol–water partition coefficient (Wildman–Crippen LogP) is 4.70.